The first-order chi connectivity index (χ1) is 6.02. The third-order valence-corrected chi connectivity index (χ3v) is 1.07. The van der Waals surface area contributed by atoms with E-state index in [2.05, 4.69) is 0 Å². The van der Waals surface area contributed by atoms with Crippen molar-refractivity contribution in [1.82, 2.24) is 0 Å². The number of hydrogen-bond donors (Lipinski definition) is 0. The van der Waals surface area contributed by atoms with E-state index in [1.165, 1.54) is 0 Å². The summed E-state index contributed by atoms with van der Waals surface area (Å²) in [5.74, 6) is -0.359. The van der Waals surface area contributed by atoms with Gasteiger partial charge in [0.25, 0.3) is 0 Å². The normalized spacial score (nSPS) is 10.9. The predicted molar refractivity (Wildman–Crippen MR) is 48.3 cm³/mol. The fraction of sp³-hybridized carbons (Fsp3) is 0.889. The van der Waals surface area contributed by atoms with Crippen LogP contribution in [0.5, 0.6) is 0 Å². The molecule has 0 aliphatic carbocycles. The maximum absolute atomic E-state index is 10.9. The molecule has 0 heterocycles. The molecule has 0 radical (unpaired) electrons. The van der Waals surface area contributed by atoms with Crippen LogP contribution in [0.4, 0.5) is 0 Å². The summed E-state index contributed by atoms with van der Waals surface area (Å²) < 4.78 is 14.8. The molecule has 0 aromatic heterocycles. The van der Waals surface area contributed by atoms with Gasteiger partial charge in [-0.2, -0.15) is 0 Å². The Bertz CT molecular complexity index is 143. The van der Waals surface area contributed by atoms with Gasteiger partial charge < -0.3 is 14.2 Å². The molecule has 4 nitrogen and oxygen atoms in total. The van der Waals surface area contributed by atoms with E-state index in [0.29, 0.717) is 0 Å². The summed E-state index contributed by atoms with van der Waals surface area (Å²) in [6.07, 6.45) is 0.0169. The number of ether oxygens (including phenoxy) is 3. The molecule has 0 fully saturated rings. The highest BCUT2D eigenvalue weighted by Gasteiger charge is 2.04. The van der Waals surface area contributed by atoms with E-state index in [4.69, 9.17) is 14.2 Å². The van der Waals surface area contributed by atoms with Crippen LogP contribution in [-0.4, -0.2) is 31.6 Å². The Morgan fingerprint density at radius 1 is 1.15 bits per heavy atom. The Labute approximate surface area is 79.2 Å². The molecule has 0 aliphatic rings. The number of esters is 1. The lowest BCUT2D eigenvalue weighted by Crippen LogP contribution is -2.18. The van der Waals surface area contributed by atoms with Gasteiger partial charge in [-0.25, -0.2) is 4.79 Å². The summed E-state index contributed by atoms with van der Waals surface area (Å²) in [6.45, 7) is 7.46. The monoisotopic (exact) mass is 190 g/mol. The van der Waals surface area contributed by atoms with Gasteiger partial charge in [0, 0.05) is 0 Å². The van der Waals surface area contributed by atoms with E-state index in [-0.39, 0.29) is 31.6 Å². The van der Waals surface area contributed by atoms with Gasteiger partial charge in [-0.3, -0.25) is 0 Å². The lowest BCUT2D eigenvalue weighted by atomic mass is 10.5. The molecule has 0 amide bonds. The second kappa shape index (κ2) is 6.86. The average molecular weight is 190 g/mol. The van der Waals surface area contributed by atoms with Crippen LogP contribution in [0.2, 0.25) is 0 Å². The van der Waals surface area contributed by atoms with E-state index < -0.39 is 0 Å². The first-order valence-electron chi connectivity index (χ1n) is 4.41. The lowest BCUT2D eigenvalue weighted by molar-refractivity contribution is -0.159. The van der Waals surface area contributed by atoms with Crippen LogP contribution in [0.3, 0.4) is 0 Å². The summed E-state index contributed by atoms with van der Waals surface area (Å²) in [6, 6.07) is 0. The van der Waals surface area contributed by atoms with Crippen LogP contribution < -0.4 is 0 Å². The SMILES string of the molecule is CC(C)OCOCC(=O)OC(C)C. The topological polar surface area (TPSA) is 44.8 Å². The van der Waals surface area contributed by atoms with Crippen LogP contribution in [0.25, 0.3) is 0 Å². The molecular weight excluding hydrogens is 172 g/mol. The minimum absolute atomic E-state index is 0.0507. The second-order valence-electron chi connectivity index (χ2n) is 3.22. The summed E-state index contributed by atoms with van der Waals surface area (Å²) in [5, 5.41) is 0. The van der Waals surface area contributed by atoms with E-state index in [1.807, 2.05) is 13.8 Å². The summed E-state index contributed by atoms with van der Waals surface area (Å²) >= 11 is 0. The Kier molecular flexibility index (Phi) is 6.54. The maximum atomic E-state index is 10.9. The fourth-order valence-electron chi connectivity index (χ4n) is 0.606. The first-order valence-corrected chi connectivity index (χ1v) is 4.41. The zero-order chi connectivity index (χ0) is 10.3. The van der Waals surface area contributed by atoms with E-state index in [1.54, 1.807) is 13.8 Å². The van der Waals surface area contributed by atoms with Crippen molar-refractivity contribution in [2.45, 2.75) is 39.9 Å². The predicted octanol–water partition coefficient (Wildman–Crippen LogP) is 1.34. The van der Waals surface area contributed by atoms with Gasteiger partial charge in [0.1, 0.15) is 13.4 Å². The number of carbonyl (C=O) groups excluding carboxylic acids is 1. The zero-order valence-electron chi connectivity index (χ0n) is 8.70. The molecule has 4 heteroatoms. The molecule has 0 unspecified atom stereocenters. The Balaban J connectivity index is 3.27. The molecule has 0 saturated heterocycles. The highest BCUT2D eigenvalue weighted by atomic mass is 16.7. The van der Waals surface area contributed by atoms with Gasteiger partial charge in [-0.05, 0) is 27.7 Å². The standard InChI is InChI=1S/C9H18O4/c1-7(2)12-6-11-5-9(10)13-8(3)4/h7-8H,5-6H2,1-4H3. The van der Waals surface area contributed by atoms with Crippen molar-refractivity contribution >= 4 is 5.97 Å². The molecule has 0 aromatic rings. The minimum atomic E-state index is -0.359. The maximum Gasteiger partial charge on any atom is 0.332 e. The molecule has 0 spiro atoms. The molecule has 13 heavy (non-hydrogen) atoms. The third kappa shape index (κ3) is 9.30. The summed E-state index contributed by atoms with van der Waals surface area (Å²) in [4.78, 5) is 10.9. The van der Waals surface area contributed by atoms with Crippen molar-refractivity contribution in [3.63, 3.8) is 0 Å². The number of hydrogen-bond acceptors (Lipinski definition) is 4. The molecule has 78 valence electrons. The molecule has 0 rings (SSSR count). The van der Waals surface area contributed by atoms with Crippen molar-refractivity contribution in [2.24, 2.45) is 0 Å². The molecule has 0 atom stereocenters. The van der Waals surface area contributed by atoms with Crippen molar-refractivity contribution in [1.29, 1.82) is 0 Å². The Hall–Kier alpha value is -0.610. The van der Waals surface area contributed by atoms with Gasteiger partial charge in [0.2, 0.25) is 0 Å². The number of carbonyl (C=O) groups is 1. The molecule has 0 N–H and O–H groups in total. The third-order valence-electron chi connectivity index (χ3n) is 1.07. The smallest absolute Gasteiger partial charge is 0.332 e. The Morgan fingerprint density at radius 3 is 2.23 bits per heavy atom. The number of rotatable bonds is 6. The zero-order valence-corrected chi connectivity index (χ0v) is 8.70. The van der Waals surface area contributed by atoms with Gasteiger partial charge in [0.05, 0.1) is 12.2 Å². The van der Waals surface area contributed by atoms with E-state index in [9.17, 15) is 4.79 Å². The molecule has 0 saturated carbocycles. The summed E-state index contributed by atoms with van der Waals surface area (Å²) in [5.41, 5.74) is 0. The van der Waals surface area contributed by atoms with Crippen LogP contribution in [-0.2, 0) is 19.0 Å². The van der Waals surface area contributed by atoms with Gasteiger partial charge in [-0.15, -0.1) is 0 Å². The molecule has 0 aliphatic heterocycles. The van der Waals surface area contributed by atoms with Crippen LogP contribution in [0, 0.1) is 0 Å². The van der Waals surface area contributed by atoms with Crippen molar-refractivity contribution in [2.75, 3.05) is 13.4 Å². The molecule has 0 bridgehead atoms. The lowest BCUT2D eigenvalue weighted by Gasteiger charge is -2.09. The van der Waals surface area contributed by atoms with Crippen LogP contribution >= 0.6 is 0 Å². The van der Waals surface area contributed by atoms with Crippen LogP contribution in [0.1, 0.15) is 27.7 Å². The Morgan fingerprint density at radius 2 is 1.77 bits per heavy atom. The van der Waals surface area contributed by atoms with Crippen molar-refractivity contribution < 1.29 is 19.0 Å². The average Bonchev–Trinajstić information content (AvgIpc) is 1.96. The fourth-order valence-corrected chi connectivity index (χ4v) is 0.606. The van der Waals surface area contributed by atoms with Gasteiger partial charge in [-0.1, -0.05) is 0 Å². The van der Waals surface area contributed by atoms with Gasteiger partial charge in [0.15, 0.2) is 0 Å². The first kappa shape index (κ1) is 12.4. The van der Waals surface area contributed by atoms with Crippen LogP contribution in [0.15, 0.2) is 0 Å². The minimum Gasteiger partial charge on any atom is -0.461 e. The highest BCUT2D eigenvalue weighted by Crippen LogP contribution is 1.91. The van der Waals surface area contributed by atoms with Gasteiger partial charge >= 0.3 is 5.97 Å². The largest absolute Gasteiger partial charge is 0.461 e. The second-order valence-corrected chi connectivity index (χ2v) is 3.22. The van der Waals surface area contributed by atoms with E-state index >= 15 is 0 Å². The van der Waals surface area contributed by atoms with E-state index in [0.717, 1.165) is 0 Å². The molecule has 0 aromatic carbocycles. The highest BCUT2D eigenvalue weighted by molar-refractivity contribution is 5.70. The summed E-state index contributed by atoms with van der Waals surface area (Å²) in [7, 11) is 0. The quantitative estimate of drug-likeness (QED) is 0.360. The molecular formula is C9H18O4. The van der Waals surface area contributed by atoms with Crippen molar-refractivity contribution in [3.05, 3.63) is 0 Å². The van der Waals surface area contributed by atoms with Crippen molar-refractivity contribution in [3.8, 4) is 0 Å².